The van der Waals surface area contributed by atoms with Crippen LogP contribution in [0.15, 0.2) is 36.4 Å². The summed E-state index contributed by atoms with van der Waals surface area (Å²) in [5.41, 5.74) is 1.88. The molecule has 166 valence electrons. The average molecular weight is 433 g/mol. The first-order valence-electron chi connectivity index (χ1n) is 11.2. The molecule has 1 saturated heterocycles. The van der Waals surface area contributed by atoms with Gasteiger partial charge < -0.3 is 4.74 Å². The van der Waals surface area contributed by atoms with E-state index in [4.69, 9.17) is 4.74 Å². The summed E-state index contributed by atoms with van der Waals surface area (Å²) >= 11 is 0. The largest absolute Gasteiger partial charge is 0.378 e. The normalized spacial score (nSPS) is 24.2. The quantitative estimate of drug-likeness (QED) is 0.348. The molecule has 1 nitrogen and oxygen atoms in total. The van der Waals surface area contributed by atoms with Crippen molar-refractivity contribution in [1.82, 2.24) is 0 Å². The third-order valence-corrected chi connectivity index (χ3v) is 6.71. The van der Waals surface area contributed by atoms with E-state index < -0.39 is 23.3 Å². The Morgan fingerprint density at radius 2 is 1.65 bits per heavy atom. The highest BCUT2D eigenvalue weighted by molar-refractivity contribution is 5.71. The summed E-state index contributed by atoms with van der Waals surface area (Å²) < 4.78 is 61.1. The van der Waals surface area contributed by atoms with E-state index in [1.165, 1.54) is 31.4 Å². The van der Waals surface area contributed by atoms with Crippen molar-refractivity contribution < 1.29 is 22.3 Å². The van der Waals surface area contributed by atoms with Crippen molar-refractivity contribution in [3.63, 3.8) is 0 Å². The van der Waals surface area contributed by atoms with Crippen LogP contribution >= 0.6 is 0 Å². The summed E-state index contributed by atoms with van der Waals surface area (Å²) in [5, 5.41) is 0. The predicted molar refractivity (Wildman–Crippen MR) is 114 cm³/mol. The van der Waals surface area contributed by atoms with Gasteiger partial charge in [-0.15, -0.1) is 0 Å². The summed E-state index contributed by atoms with van der Waals surface area (Å²) in [6.07, 6.45) is 10.0. The zero-order chi connectivity index (χ0) is 22.0. The smallest absolute Gasteiger partial charge is 0.194 e. The van der Waals surface area contributed by atoms with Gasteiger partial charge in [0, 0.05) is 12.2 Å². The second-order valence-corrected chi connectivity index (χ2v) is 8.82. The molecule has 0 spiro atoms. The number of allylic oxidation sites excluding steroid dienone is 2. The van der Waals surface area contributed by atoms with Crippen LogP contribution in [0.25, 0.3) is 16.7 Å². The molecule has 0 amide bonds. The van der Waals surface area contributed by atoms with E-state index in [9.17, 15) is 17.6 Å². The van der Waals surface area contributed by atoms with E-state index >= 15 is 0 Å². The lowest BCUT2D eigenvalue weighted by Gasteiger charge is -2.35. The van der Waals surface area contributed by atoms with Crippen LogP contribution in [-0.4, -0.2) is 12.7 Å². The Morgan fingerprint density at radius 1 is 0.903 bits per heavy atom. The molecule has 2 aromatic rings. The monoisotopic (exact) mass is 432 g/mol. The van der Waals surface area contributed by atoms with Crippen molar-refractivity contribution in [2.45, 2.75) is 58.0 Å². The van der Waals surface area contributed by atoms with E-state index in [2.05, 4.69) is 13.0 Å². The van der Waals surface area contributed by atoms with Gasteiger partial charge in [0.2, 0.25) is 0 Å². The third kappa shape index (κ3) is 4.87. The van der Waals surface area contributed by atoms with Gasteiger partial charge in [-0.3, -0.25) is 0 Å². The van der Waals surface area contributed by atoms with Crippen molar-refractivity contribution in [2.75, 3.05) is 6.61 Å². The Labute approximate surface area is 181 Å². The first-order valence-corrected chi connectivity index (χ1v) is 11.2. The van der Waals surface area contributed by atoms with Crippen LogP contribution in [0.2, 0.25) is 0 Å². The molecule has 3 atom stereocenters. The fraction of sp³-hybridized carbons (Fsp3) is 0.462. The van der Waals surface area contributed by atoms with E-state index in [0.717, 1.165) is 55.6 Å². The van der Waals surface area contributed by atoms with Gasteiger partial charge in [0.05, 0.1) is 6.10 Å². The SMILES string of the molecule is CCCC1CCC(C2CC=C(c3ccc(-c4cc(F)c(F)c(F)c4)c(F)c3)CC2)OC1. The standard InChI is InChI=1S/C26H28F4O/c1-2-3-16-4-11-25(31-15-16)18-7-5-17(6-8-18)19-9-10-21(22(27)12-19)20-13-23(28)26(30)24(29)14-20/h5,9-10,12-14,16,18,25H,2-4,6-8,11,15H2,1H3. The lowest BCUT2D eigenvalue weighted by atomic mass is 9.80. The summed E-state index contributed by atoms with van der Waals surface area (Å²) in [5.74, 6) is -3.59. The second kappa shape index (κ2) is 9.56. The minimum Gasteiger partial charge on any atom is -0.378 e. The fourth-order valence-corrected chi connectivity index (χ4v) is 4.95. The molecule has 1 fully saturated rings. The van der Waals surface area contributed by atoms with Crippen LogP contribution in [0.5, 0.6) is 0 Å². The first-order chi connectivity index (χ1) is 15.0. The van der Waals surface area contributed by atoms with Gasteiger partial charge >= 0.3 is 0 Å². The Morgan fingerprint density at radius 3 is 2.23 bits per heavy atom. The Hall–Kier alpha value is -2.14. The summed E-state index contributed by atoms with van der Waals surface area (Å²) in [4.78, 5) is 0. The highest BCUT2D eigenvalue weighted by Crippen LogP contribution is 2.37. The lowest BCUT2D eigenvalue weighted by Crippen LogP contribution is -2.32. The third-order valence-electron chi connectivity index (χ3n) is 6.71. The van der Waals surface area contributed by atoms with Crippen molar-refractivity contribution in [3.8, 4) is 11.1 Å². The fourth-order valence-electron chi connectivity index (χ4n) is 4.95. The van der Waals surface area contributed by atoms with Crippen LogP contribution < -0.4 is 0 Å². The number of hydrogen-bond acceptors (Lipinski definition) is 1. The Kier molecular flexibility index (Phi) is 6.80. The van der Waals surface area contributed by atoms with Crippen LogP contribution in [-0.2, 0) is 4.74 Å². The molecule has 0 N–H and O–H groups in total. The molecular weight excluding hydrogens is 404 g/mol. The summed E-state index contributed by atoms with van der Waals surface area (Å²) in [7, 11) is 0. The van der Waals surface area contributed by atoms with Crippen molar-refractivity contribution in [1.29, 1.82) is 0 Å². The molecule has 5 heteroatoms. The maximum Gasteiger partial charge on any atom is 0.194 e. The molecule has 0 saturated carbocycles. The Balaban J connectivity index is 1.44. The van der Waals surface area contributed by atoms with Gasteiger partial charge in [-0.2, -0.15) is 0 Å². The minimum atomic E-state index is -1.55. The van der Waals surface area contributed by atoms with E-state index in [-0.39, 0.29) is 11.1 Å². The molecule has 0 radical (unpaired) electrons. The lowest BCUT2D eigenvalue weighted by molar-refractivity contribution is -0.0504. The van der Waals surface area contributed by atoms with Crippen LogP contribution in [0.4, 0.5) is 17.6 Å². The molecule has 1 aliphatic carbocycles. The average Bonchev–Trinajstić information content (AvgIpc) is 2.78. The number of halogens is 4. The van der Waals surface area contributed by atoms with E-state index in [1.54, 1.807) is 6.07 Å². The number of rotatable bonds is 5. The van der Waals surface area contributed by atoms with Gasteiger partial charge in [0.1, 0.15) is 5.82 Å². The van der Waals surface area contributed by atoms with Crippen molar-refractivity contribution in [2.24, 2.45) is 11.8 Å². The second-order valence-electron chi connectivity index (χ2n) is 8.82. The highest BCUT2D eigenvalue weighted by atomic mass is 19.2. The molecule has 31 heavy (non-hydrogen) atoms. The minimum absolute atomic E-state index is 0.0195. The first kappa shape index (κ1) is 22.1. The molecule has 1 aliphatic heterocycles. The topological polar surface area (TPSA) is 9.23 Å². The van der Waals surface area contributed by atoms with Gasteiger partial charge in [0.25, 0.3) is 0 Å². The molecule has 0 bridgehead atoms. The predicted octanol–water partition coefficient (Wildman–Crippen LogP) is 7.69. The van der Waals surface area contributed by atoms with Gasteiger partial charge in [-0.1, -0.05) is 31.6 Å². The number of ether oxygens (including phenoxy) is 1. The van der Waals surface area contributed by atoms with Crippen LogP contribution in [0.3, 0.4) is 0 Å². The van der Waals surface area contributed by atoms with Gasteiger partial charge in [0.15, 0.2) is 17.5 Å². The van der Waals surface area contributed by atoms with Crippen molar-refractivity contribution in [3.05, 3.63) is 65.2 Å². The van der Waals surface area contributed by atoms with Crippen molar-refractivity contribution >= 4 is 5.57 Å². The molecule has 4 rings (SSSR count). The molecule has 2 aromatic carbocycles. The zero-order valence-corrected chi connectivity index (χ0v) is 17.8. The molecule has 0 aromatic heterocycles. The van der Waals surface area contributed by atoms with Gasteiger partial charge in [-0.05, 0) is 85.3 Å². The Bertz CT molecular complexity index is 937. The maximum atomic E-state index is 14.7. The maximum absolute atomic E-state index is 14.7. The summed E-state index contributed by atoms with van der Waals surface area (Å²) in [6.45, 7) is 3.08. The summed E-state index contributed by atoms with van der Waals surface area (Å²) in [6, 6.07) is 6.29. The molecule has 3 unspecified atom stereocenters. The highest BCUT2D eigenvalue weighted by Gasteiger charge is 2.29. The van der Waals surface area contributed by atoms with Gasteiger partial charge in [-0.25, -0.2) is 17.6 Å². The zero-order valence-electron chi connectivity index (χ0n) is 17.8. The molecule has 2 aliphatic rings. The van der Waals surface area contributed by atoms with E-state index in [1.807, 2.05) is 0 Å². The number of benzene rings is 2. The molecule has 1 heterocycles. The van der Waals surface area contributed by atoms with Crippen LogP contribution in [0, 0.1) is 35.1 Å². The van der Waals surface area contributed by atoms with Crippen LogP contribution in [0.1, 0.15) is 57.4 Å². The molecular formula is C26H28F4O. The van der Waals surface area contributed by atoms with E-state index in [0.29, 0.717) is 17.9 Å². The number of hydrogen-bond donors (Lipinski definition) is 0.